The molecule has 3 aromatic rings. The van der Waals surface area contributed by atoms with Crippen molar-refractivity contribution in [1.82, 2.24) is 25.1 Å². The van der Waals surface area contributed by atoms with E-state index in [-0.39, 0.29) is 12.1 Å². The number of carbonyl (C=O) groups is 1. The molecular formula is C19H23N7O2. The number of rotatable bonds is 3. The van der Waals surface area contributed by atoms with E-state index in [1.54, 1.807) is 17.3 Å². The van der Waals surface area contributed by atoms with Crippen LogP contribution in [0.1, 0.15) is 17.4 Å². The Hall–Kier alpha value is -3.20. The lowest BCUT2D eigenvalue weighted by Gasteiger charge is -2.32. The van der Waals surface area contributed by atoms with Crippen LogP contribution in [0.4, 0.5) is 16.4 Å². The van der Waals surface area contributed by atoms with Crippen molar-refractivity contribution in [2.75, 3.05) is 44.0 Å². The van der Waals surface area contributed by atoms with Crippen molar-refractivity contribution >= 4 is 28.6 Å². The molecule has 1 aliphatic rings. The van der Waals surface area contributed by atoms with Crippen LogP contribution in [-0.2, 0) is 4.74 Å². The Morgan fingerprint density at radius 1 is 1.39 bits per heavy atom. The summed E-state index contributed by atoms with van der Waals surface area (Å²) in [4.78, 5) is 25.1. The largest absolute Gasteiger partial charge is 0.368 e. The van der Waals surface area contributed by atoms with Crippen LogP contribution in [0.2, 0.25) is 0 Å². The number of amides is 2. The molecule has 28 heavy (non-hydrogen) atoms. The second-order valence-corrected chi connectivity index (χ2v) is 7.04. The summed E-state index contributed by atoms with van der Waals surface area (Å²) < 4.78 is 5.85. The number of carbonyl (C=O) groups excluding carboxylic acids is 1. The van der Waals surface area contributed by atoms with E-state index < -0.39 is 0 Å². The third-order valence-corrected chi connectivity index (χ3v) is 4.76. The van der Waals surface area contributed by atoms with Crippen molar-refractivity contribution in [3.8, 4) is 0 Å². The second-order valence-electron chi connectivity index (χ2n) is 7.04. The molecule has 3 heterocycles. The quantitative estimate of drug-likeness (QED) is 0.722. The maximum atomic E-state index is 12.8. The Labute approximate surface area is 162 Å². The van der Waals surface area contributed by atoms with E-state index >= 15 is 0 Å². The Morgan fingerprint density at radius 3 is 3.07 bits per heavy atom. The van der Waals surface area contributed by atoms with Gasteiger partial charge in [0, 0.05) is 37.9 Å². The molecule has 1 unspecified atom stereocenters. The third-order valence-electron chi connectivity index (χ3n) is 4.76. The third kappa shape index (κ3) is 3.61. The molecule has 9 nitrogen and oxygen atoms in total. The number of fused-ring (bicyclic) bond motifs is 1. The monoisotopic (exact) mass is 381 g/mol. The molecule has 146 valence electrons. The molecule has 2 N–H and O–H groups in total. The number of benzene rings is 1. The van der Waals surface area contributed by atoms with Gasteiger partial charge in [0.1, 0.15) is 6.10 Å². The van der Waals surface area contributed by atoms with Crippen molar-refractivity contribution in [3.63, 3.8) is 0 Å². The van der Waals surface area contributed by atoms with E-state index in [9.17, 15) is 4.79 Å². The maximum Gasteiger partial charge on any atom is 0.322 e. The Bertz CT molecular complexity index is 1000. The number of ether oxygens (including phenoxy) is 1. The van der Waals surface area contributed by atoms with Gasteiger partial charge in [0.25, 0.3) is 0 Å². The first kappa shape index (κ1) is 18.2. The zero-order chi connectivity index (χ0) is 19.7. The number of urea groups is 1. The van der Waals surface area contributed by atoms with Crippen molar-refractivity contribution in [1.29, 1.82) is 0 Å². The van der Waals surface area contributed by atoms with Gasteiger partial charge in [0.05, 0.1) is 30.6 Å². The normalized spacial score (nSPS) is 17.0. The van der Waals surface area contributed by atoms with Crippen molar-refractivity contribution in [2.45, 2.75) is 13.0 Å². The lowest BCUT2D eigenvalue weighted by molar-refractivity contribution is -0.0157. The van der Waals surface area contributed by atoms with E-state index in [1.807, 2.05) is 44.1 Å². The highest BCUT2D eigenvalue weighted by Gasteiger charge is 2.27. The molecule has 9 heteroatoms. The van der Waals surface area contributed by atoms with Gasteiger partial charge in [-0.3, -0.25) is 5.10 Å². The molecule has 1 aliphatic heterocycles. The molecule has 0 bridgehead atoms. The number of nitrogens with zero attached hydrogens (tertiary/aromatic N) is 5. The number of hydrogen-bond acceptors (Lipinski definition) is 6. The van der Waals surface area contributed by atoms with E-state index in [0.29, 0.717) is 25.6 Å². The van der Waals surface area contributed by atoms with Gasteiger partial charge in [-0.25, -0.2) is 14.8 Å². The summed E-state index contributed by atoms with van der Waals surface area (Å²) in [5.41, 5.74) is 3.45. The molecule has 2 amide bonds. The zero-order valence-electron chi connectivity index (χ0n) is 16.1. The number of aromatic amines is 1. The summed E-state index contributed by atoms with van der Waals surface area (Å²) in [6.45, 7) is 3.41. The van der Waals surface area contributed by atoms with Crippen LogP contribution in [0.15, 0.2) is 30.6 Å². The number of morpholine rings is 1. The van der Waals surface area contributed by atoms with Gasteiger partial charge in [-0.15, -0.1) is 0 Å². The molecule has 0 radical (unpaired) electrons. The first-order valence-electron chi connectivity index (χ1n) is 9.13. The number of nitrogens with one attached hydrogen (secondary N) is 2. The van der Waals surface area contributed by atoms with E-state index in [1.165, 1.54) is 0 Å². The first-order valence-corrected chi connectivity index (χ1v) is 9.13. The molecule has 1 fully saturated rings. The van der Waals surface area contributed by atoms with Gasteiger partial charge in [-0.05, 0) is 30.7 Å². The van der Waals surface area contributed by atoms with Crippen LogP contribution in [-0.4, -0.2) is 64.9 Å². The van der Waals surface area contributed by atoms with Gasteiger partial charge in [0.15, 0.2) is 0 Å². The number of aromatic nitrogens is 4. The second kappa shape index (κ2) is 7.43. The molecule has 2 aromatic heterocycles. The summed E-state index contributed by atoms with van der Waals surface area (Å²) in [6.07, 6.45) is 3.22. The van der Waals surface area contributed by atoms with E-state index in [2.05, 4.69) is 25.5 Å². The number of anilines is 2. The number of H-pyrrole nitrogens is 1. The summed E-state index contributed by atoms with van der Waals surface area (Å²) in [5, 5.41) is 11.0. The molecule has 1 atom stereocenters. The molecule has 4 rings (SSSR count). The molecule has 0 aliphatic carbocycles. The zero-order valence-corrected chi connectivity index (χ0v) is 16.1. The topological polar surface area (TPSA) is 99.3 Å². The summed E-state index contributed by atoms with van der Waals surface area (Å²) in [5.74, 6) is 0.617. The van der Waals surface area contributed by atoms with Crippen LogP contribution in [0, 0.1) is 6.92 Å². The minimum Gasteiger partial charge on any atom is -0.368 e. The highest BCUT2D eigenvalue weighted by Crippen LogP contribution is 2.24. The standard InChI is InChI=1S/C19H23N7O2/c1-12-8-13(9-16-14(12)10-21-24-16)22-19(27)26-6-7-28-17(11-26)15-4-5-20-18(23-15)25(2)3/h4-5,8-10,17H,6-7,11H2,1-3H3,(H,21,24)(H,22,27). The first-order chi connectivity index (χ1) is 13.5. The molecular weight excluding hydrogens is 358 g/mol. The van der Waals surface area contributed by atoms with Crippen LogP contribution in [0.25, 0.3) is 10.9 Å². The molecule has 0 saturated carbocycles. The predicted octanol–water partition coefficient (Wildman–Crippen LogP) is 2.33. The van der Waals surface area contributed by atoms with Gasteiger partial charge in [-0.2, -0.15) is 5.10 Å². The van der Waals surface area contributed by atoms with Crippen LogP contribution < -0.4 is 10.2 Å². The maximum absolute atomic E-state index is 12.8. The fraction of sp³-hybridized carbons (Fsp3) is 0.368. The lowest BCUT2D eigenvalue weighted by Crippen LogP contribution is -2.44. The molecule has 1 saturated heterocycles. The molecule has 0 spiro atoms. The smallest absolute Gasteiger partial charge is 0.322 e. The number of aryl methyl sites for hydroxylation is 1. The van der Waals surface area contributed by atoms with Crippen LogP contribution in [0.5, 0.6) is 0 Å². The fourth-order valence-corrected chi connectivity index (χ4v) is 3.27. The summed E-state index contributed by atoms with van der Waals surface area (Å²) in [6, 6.07) is 5.50. The van der Waals surface area contributed by atoms with Gasteiger partial charge < -0.3 is 19.9 Å². The average Bonchev–Trinajstić information content (AvgIpc) is 3.17. The van der Waals surface area contributed by atoms with Gasteiger partial charge in [0.2, 0.25) is 5.95 Å². The van der Waals surface area contributed by atoms with Crippen molar-refractivity contribution in [2.24, 2.45) is 0 Å². The van der Waals surface area contributed by atoms with Gasteiger partial charge >= 0.3 is 6.03 Å². The van der Waals surface area contributed by atoms with Crippen molar-refractivity contribution in [3.05, 3.63) is 41.9 Å². The highest BCUT2D eigenvalue weighted by molar-refractivity contribution is 5.93. The van der Waals surface area contributed by atoms with Crippen LogP contribution >= 0.6 is 0 Å². The summed E-state index contributed by atoms with van der Waals surface area (Å²) in [7, 11) is 3.78. The Kier molecular flexibility index (Phi) is 4.82. The van der Waals surface area contributed by atoms with E-state index in [0.717, 1.165) is 27.8 Å². The SMILES string of the molecule is Cc1cc(NC(=O)N2CCOC(c3ccnc(N(C)C)n3)C2)cc2[nH]ncc12. The van der Waals surface area contributed by atoms with Crippen molar-refractivity contribution < 1.29 is 9.53 Å². The summed E-state index contributed by atoms with van der Waals surface area (Å²) >= 11 is 0. The lowest BCUT2D eigenvalue weighted by atomic mass is 10.1. The number of hydrogen-bond donors (Lipinski definition) is 2. The Balaban J connectivity index is 1.47. The highest BCUT2D eigenvalue weighted by atomic mass is 16.5. The average molecular weight is 381 g/mol. The Morgan fingerprint density at radius 2 is 2.25 bits per heavy atom. The predicted molar refractivity (Wildman–Crippen MR) is 106 cm³/mol. The molecule has 1 aromatic carbocycles. The van der Waals surface area contributed by atoms with Crippen LogP contribution in [0.3, 0.4) is 0 Å². The fourth-order valence-electron chi connectivity index (χ4n) is 3.27. The minimum atomic E-state index is -0.280. The van der Waals surface area contributed by atoms with E-state index in [4.69, 9.17) is 4.74 Å². The van der Waals surface area contributed by atoms with Gasteiger partial charge in [-0.1, -0.05) is 0 Å². The minimum absolute atomic E-state index is 0.159.